The van der Waals surface area contributed by atoms with E-state index < -0.39 is 35.8 Å². The smallest absolute Gasteiger partial charge is 0.328 e. The van der Waals surface area contributed by atoms with Gasteiger partial charge in [0.1, 0.15) is 23.5 Å². The molecule has 2 aromatic rings. The summed E-state index contributed by atoms with van der Waals surface area (Å²) in [7, 11) is 2.75. The zero-order chi connectivity index (χ0) is 27.3. The Bertz CT molecular complexity index is 1170. The van der Waals surface area contributed by atoms with Crippen LogP contribution in [0.1, 0.15) is 56.9 Å². The number of benzene rings is 1. The maximum absolute atomic E-state index is 13.4. The molecule has 3 rings (SSSR count). The molecule has 1 aromatic heterocycles. The number of piperidine rings is 1. The van der Waals surface area contributed by atoms with E-state index in [1.165, 1.54) is 14.2 Å². The van der Waals surface area contributed by atoms with Crippen molar-refractivity contribution in [2.45, 2.75) is 58.5 Å². The third-order valence-electron chi connectivity index (χ3n) is 6.33. The summed E-state index contributed by atoms with van der Waals surface area (Å²) in [5.74, 6) is -1.72. The van der Waals surface area contributed by atoms with Crippen molar-refractivity contribution >= 4 is 46.2 Å². The molecule has 37 heavy (non-hydrogen) atoms. The molecule has 1 aliphatic heterocycles. The molecule has 11 heteroatoms. The first-order valence-electron chi connectivity index (χ1n) is 12.3. The van der Waals surface area contributed by atoms with E-state index in [1.807, 2.05) is 20.8 Å². The minimum Gasteiger partial charge on any atom is -0.496 e. The standard InChI is InChI=1S/C26H35ClN4O6/c1-26(2,3)13-19(24(34)30-18(25(35)37-5)11-14-7-6-10-28-22(14)32)31-23(33)17-12-15-20(36-4)9-8-16(27)21(15)29-17/h8-9,12,14,18-19,29H,6-7,10-11,13H2,1-5H3,(H,28,32)(H,30,34)(H,31,33)/t14-,18-,19-/m0/s1. The summed E-state index contributed by atoms with van der Waals surface area (Å²) >= 11 is 6.28. The van der Waals surface area contributed by atoms with Gasteiger partial charge in [-0.1, -0.05) is 32.4 Å². The number of carbonyl (C=O) groups is 4. The van der Waals surface area contributed by atoms with Crippen LogP contribution in [0.2, 0.25) is 5.02 Å². The van der Waals surface area contributed by atoms with E-state index >= 15 is 0 Å². The summed E-state index contributed by atoms with van der Waals surface area (Å²) in [6, 6.07) is 3.00. The van der Waals surface area contributed by atoms with Crippen LogP contribution < -0.4 is 20.7 Å². The molecule has 1 saturated heterocycles. The lowest BCUT2D eigenvalue weighted by Crippen LogP contribution is -2.54. The first kappa shape index (κ1) is 28.3. The fourth-order valence-corrected chi connectivity index (χ4v) is 4.70. The van der Waals surface area contributed by atoms with E-state index in [9.17, 15) is 19.2 Å². The summed E-state index contributed by atoms with van der Waals surface area (Å²) in [6.07, 6.45) is 1.82. The van der Waals surface area contributed by atoms with Crippen LogP contribution in [0.3, 0.4) is 0 Å². The number of carbonyl (C=O) groups excluding carboxylic acids is 4. The molecule has 3 amide bonds. The van der Waals surface area contributed by atoms with Gasteiger partial charge in [-0.05, 0) is 49.3 Å². The molecule has 0 radical (unpaired) electrons. The number of H-pyrrole nitrogens is 1. The zero-order valence-corrected chi connectivity index (χ0v) is 22.6. The third-order valence-corrected chi connectivity index (χ3v) is 6.64. The lowest BCUT2D eigenvalue weighted by molar-refractivity contribution is -0.146. The largest absolute Gasteiger partial charge is 0.496 e. The van der Waals surface area contributed by atoms with Crippen molar-refractivity contribution in [2.24, 2.45) is 11.3 Å². The second-order valence-corrected chi connectivity index (χ2v) is 10.9. The van der Waals surface area contributed by atoms with Gasteiger partial charge in [0.25, 0.3) is 5.91 Å². The van der Waals surface area contributed by atoms with Crippen LogP contribution in [-0.2, 0) is 19.1 Å². The molecule has 0 unspecified atom stereocenters. The number of fused-ring (bicyclic) bond motifs is 1. The number of methoxy groups -OCH3 is 2. The second-order valence-electron chi connectivity index (χ2n) is 10.5. The van der Waals surface area contributed by atoms with Crippen molar-refractivity contribution in [1.29, 1.82) is 0 Å². The molecule has 1 aliphatic rings. The number of aromatic amines is 1. The Kier molecular flexibility index (Phi) is 9.07. The van der Waals surface area contributed by atoms with Gasteiger partial charge in [-0.15, -0.1) is 0 Å². The Morgan fingerprint density at radius 1 is 1.16 bits per heavy atom. The summed E-state index contributed by atoms with van der Waals surface area (Å²) < 4.78 is 10.2. The molecule has 4 N–H and O–H groups in total. The van der Waals surface area contributed by atoms with Crippen LogP contribution in [0.15, 0.2) is 18.2 Å². The molecule has 1 fully saturated rings. The average molecular weight is 535 g/mol. The lowest BCUT2D eigenvalue weighted by Gasteiger charge is -2.29. The molecule has 202 valence electrons. The van der Waals surface area contributed by atoms with Gasteiger partial charge in [0.2, 0.25) is 11.8 Å². The fourth-order valence-electron chi connectivity index (χ4n) is 4.49. The molecule has 2 heterocycles. The molecular formula is C26H35ClN4O6. The highest BCUT2D eigenvalue weighted by Crippen LogP contribution is 2.32. The SMILES string of the molecule is COC(=O)[C@H](C[C@@H]1CCCNC1=O)NC(=O)[C@H](CC(C)(C)C)NC(=O)c1cc2c(OC)ccc(Cl)c2[nH]1. The monoisotopic (exact) mass is 534 g/mol. The fraction of sp³-hybridized carbons (Fsp3) is 0.538. The number of ether oxygens (including phenoxy) is 2. The van der Waals surface area contributed by atoms with Crippen molar-refractivity contribution in [3.63, 3.8) is 0 Å². The molecule has 0 bridgehead atoms. The van der Waals surface area contributed by atoms with Crippen molar-refractivity contribution in [3.05, 3.63) is 28.9 Å². The van der Waals surface area contributed by atoms with Gasteiger partial charge in [-0.25, -0.2) is 4.79 Å². The van der Waals surface area contributed by atoms with Crippen LogP contribution in [0, 0.1) is 11.3 Å². The zero-order valence-electron chi connectivity index (χ0n) is 21.8. The molecule has 0 aliphatic carbocycles. The van der Waals surface area contributed by atoms with Crippen LogP contribution in [0.5, 0.6) is 5.75 Å². The van der Waals surface area contributed by atoms with Crippen LogP contribution in [-0.4, -0.2) is 61.5 Å². The number of esters is 1. The molecule has 0 spiro atoms. The molecule has 10 nitrogen and oxygen atoms in total. The van der Waals surface area contributed by atoms with E-state index in [-0.39, 0.29) is 23.4 Å². The summed E-state index contributed by atoms with van der Waals surface area (Å²) in [6.45, 7) is 6.42. The normalized spacial score (nSPS) is 17.5. The third kappa shape index (κ3) is 7.15. The van der Waals surface area contributed by atoms with E-state index in [0.29, 0.717) is 41.1 Å². The van der Waals surface area contributed by atoms with E-state index in [2.05, 4.69) is 20.9 Å². The number of nitrogens with one attached hydrogen (secondary N) is 4. The highest BCUT2D eigenvalue weighted by molar-refractivity contribution is 6.35. The van der Waals surface area contributed by atoms with Crippen molar-refractivity contribution in [1.82, 2.24) is 20.9 Å². The summed E-state index contributed by atoms with van der Waals surface area (Å²) in [5.41, 5.74) is 0.419. The van der Waals surface area contributed by atoms with Gasteiger partial charge in [-0.3, -0.25) is 14.4 Å². The summed E-state index contributed by atoms with van der Waals surface area (Å²) in [4.78, 5) is 54.3. The minimum atomic E-state index is -1.03. The van der Waals surface area contributed by atoms with E-state index in [0.717, 1.165) is 6.42 Å². The molecule has 3 atom stereocenters. The predicted octanol–water partition coefficient (Wildman–Crippen LogP) is 2.94. The quantitative estimate of drug-likeness (QED) is 0.365. The number of hydrogen-bond acceptors (Lipinski definition) is 6. The van der Waals surface area contributed by atoms with Crippen LogP contribution >= 0.6 is 11.6 Å². The number of halogens is 1. The highest BCUT2D eigenvalue weighted by atomic mass is 35.5. The van der Waals surface area contributed by atoms with Gasteiger partial charge >= 0.3 is 5.97 Å². The Hall–Kier alpha value is -3.27. The lowest BCUT2D eigenvalue weighted by atomic mass is 9.87. The van der Waals surface area contributed by atoms with Crippen LogP contribution in [0.25, 0.3) is 10.9 Å². The van der Waals surface area contributed by atoms with Crippen LogP contribution in [0.4, 0.5) is 0 Å². The number of rotatable bonds is 9. The van der Waals surface area contributed by atoms with Crippen molar-refractivity contribution < 1.29 is 28.7 Å². The second kappa shape index (κ2) is 11.9. The highest BCUT2D eigenvalue weighted by Gasteiger charge is 2.34. The van der Waals surface area contributed by atoms with Gasteiger partial charge in [0.15, 0.2) is 0 Å². The van der Waals surface area contributed by atoms with E-state index in [1.54, 1.807) is 18.2 Å². The molecular weight excluding hydrogens is 500 g/mol. The Balaban J connectivity index is 1.81. The molecule has 0 saturated carbocycles. The Labute approximate surface area is 221 Å². The maximum atomic E-state index is 13.4. The summed E-state index contributed by atoms with van der Waals surface area (Å²) in [5, 5.41) is 9.34. The van der Waals surface area contributed by atoms with Crippen molar-refractivity contribution in [3.8, 4) is 5.75 Å². The number of aromatic nitrogens is 1. The van der Waals surface area contributed by atoms with Gasteiger partial charge in [-0.2, -0.15) is 0 Å². The predicted molar refractivity (Wildman–Crippen MR) is 139 cm³/mol. The van der Waals surface area contributed by atoms with Gasteiger partial charge in [0.05, 0.1) is 24.8 Å². The topological polar surface area (TPSA) is 139 Å². The Morgan fingerprint density at radius 2 is 1.89 bits per heavy atom. The number of amides is 3. The first-order chi connectivity index (χ1) is 17.4. The average Bonchev–Trinajstić information content (AvgIpc) is 3.30. The van der Waals surface area contributed by atoms with E-state index in [4.69, 9.17) is 21.1 Å². The van der Waals surface area contributed by atoms with Gasteiger partial charge < -0.3 is 30.4 Å². The maximum Gasteiger partial charge on any atom is 0.328 e. The number of hydrogen-bond donors (Lipinski definition) is 4. The Morgan fingerprint density at radius 3 is 2.51 bits per heavy atom. The minimum absolute atomic E-state index is 0.112. The van der Waals surface area contributed by atoms with Gasteiger partial charge in [0, 0.05) is 17.8 Å². The van der Waals surface area contributed by atoms with Crippen molar-refractivity contribution in [2.75, 3.05) is 20.8 Å². The molecule has 1 aromatic carbocycles. The first-order valence-corrected chi connectivity index (χ1v) is 12.6.